The molecule has 1 atom stereocenters. The molecule has 1 aliphatic carbocycles. The first-order chi connectivity index (χ1) is 5.67. The fourth-order valence-electron chi connectivity index (χ4n) is 1.45. The number of hydrogen-bond acceptors (Lipinski definition) is 1. The molecule has 0 amide bonds. The highest BCUT2D eigenvalue weighted by molar-refractivity contribution is 5.62. The minimum atomic E-state index is -0.283. The third kappa shape index (κ3) is 1.28. The van der Waals surface area contributed by atoms with E-state index in [1.807, 2.05) is 25.1 Å². The van der Waals surface area contributed by atoms with Crippen molar-refractivity contribution in [2.45, 2.75) is 12.5 Å². The number of fused-ring (bicyclic) bond motifs is 1. The summed E-state index contributed by atoms with van der Waals surface area (Å²) in [5, 5.41) is 0. The van der Waals surface area contributed by atoms with Gasteiger partial charge in [-0.15, -0.1) is 0 Å². The van der Waals surface area contributed by atoms with Gasteiger partial charge in [-0.1, -0.05) is 36.4 Å². The molecule has 0 spiro atoms. The Balaban J connectivity index is 2.46. The van der Waals surface area contributed by atoms with Crippen LogP contribution < -0.4 is 5.73 Å². The first-order valence-electron chi connectivity index (χ1n) is 4.10. The van der Waals surface area contributed by atoms with Gasteiger partial charge in [0.2, 0.25) is 0 Å². The van der Waals surface area contributed by atoms with Crippen molar-refractivity contribution < 1.29 is 0 Å². The average molecular weight is 158 g/mol. The molecule has 1 aromatic rings. The molecule has 0 saturated carbocycles. The van der Waals surface area contributed by atoms with Gasteiger partial charge < -0.3 is 5.73 Å². The van der Waals surface area contributed by atoms with E-state index in [0.717, 1.165) is 0 Å². The second kappa shape index (κ2) is 2.46. The highest BCUT2D eigenvalue weighted by Crippen LogP contribution is 2.25. The monoisotopic (exact) mass is 158 g/mol. The maximum Gasteiger partial charge on any atom is 0.0390 e. The topological polar surface area (TPSA) is 26.0 Å². The van der Waals surface area contributed by atoms with E-state index in [9.17, 15) is 0 Å². The van der Waals surface area contributed by atoms with Crippen LogP contribution in [0, 0.1) is 6.42 Å². The van der Waals surface area contributed by atoms with Gasteiger partial charge in [-0.25, -0.2) is 0 Å². The SMILES string of the molecule is CC1(N)[CH]c2ccccc2C=C1. The second-order valence-electron chi connectivity index (χ2n) is 3.47. The van der Waals surface area contributed by atoms with Crippen LogP contribution in [0.1, 0.15) is 18.1 Å². The van der Waals surface area contributed by atoms with Crippen LogP contribution in [0.4, 0.5) is 0 Å². The van der Waals surface area contributed by atoms with Gasteiger partial charge >= 0.3 is 0 Å². The van der Waals surface area contributed by atoms with Gasteiger partial charge in [0.1, 0.15) is 0 Å². The molecule has 0 saturated heterocycles. The molecule has 1 aliphatic rings. The lowest BCUT2D eigenvalue weighted by Crippen LogP contribution is -2.35. The van der Waals surface area contributed by atoms with Crippen molar-refractivity contribution in [2.24, 2.45) is 5.73 Å². The summed E-state index contributed by atoms with van der Waals surface area (Å²) in [5.41, 5.74) is 8.14. The summed E-state index contributed by atoms with van der Waals surface area (Å²) < 4.78 is 0. The highest BCUT2D eigenvalue weighted by atomic mass is 14.7. The first-order valence-corrected chi connectivity index (χ1v) is 4.10. The molecule has 61 valence electrons. The minimum absolute atomic E-state index is 0.283. The summed E-state index contributed by atoms with van der Waals surface area (Å²) >= 11 is 0. The largest absolute Gasteiger partial charge is 0.322 e. The van der Waals surface area contributed by atoms with Crippen molar-refractivity contribution in [3.05, 3.63) is 47.9 Å². The fourth-order valence-corrected chi connectivity index (χ4v) is 1.45. The molecule has 1 radical (unpaired) electrons. The van der Waals surface area contributed by atoms with Crippen molar-refractivity contribution in [3.63, 3.8) is 0 Å². The number of nitrogens with two attached hydrogens (primary N) is 1. The van der Waals surface area contributed by atoms with Crippen molar-refractivity contribution in [1.82, 2.24) is 0 Å². The van der Waals surface area contributed by atoms with Crippen molar-refractivity contribution in [1.29, 1.82) is 0 Å². The van der Waals surface area contributed by atoms with Crippen LogP contribution in [0.3, 0.4) is 0 Å². The maximum absolute atomic E-state index is 5.95. The molecule has 1 heteroatoms. The lowest BCUT2D eigenvalue weighted by molar-refractivity contribution is 0.688. The van der Waals surface area contributed by atoms with Crippen LogP contribution in [0.15, 0.2) is 30.3 Å². The normalized spacial score (nSPS) is 26.8. The van der Waals surface area contributed by atoms with Crippen molar-refractivity contribution in [3.8, 4) is 0 Å². The van der Waals surface area contributed by atoms with E-state index in [2.05, 4.69) is 24.6 Å². The predicted octanol–water partition coefficient (Wildman–Crippen LogP) is 1.98. The van der Waals surface area contributed by atoms with E-state index in [1.54, 1.807) is 0 Å². The first kappa shape index (κ1) is 7.56. The lowest BCUT2D eigenvalue weighted by Gasteiger charge is -2.25. The molecule has 2 rings (SSSR count). The molecule has 12 heavy (non-hydrogen) atoms. The zero-order valence-corrected chi connectivity index (χ0v) is 7.12. The summed E-state index contributed by atoms with van der Waals surface area (Å²) in [5.74, 6) is 0. The van der Waals surface area contributed by atoms with E-state index in [1.165, 1.54) is 11.1 Å². The smallest absolute Gasteiger partial charge is 0.0390 e. The quantitative estimate of drug-likeness (QED) is 0.614. The Morgan fingerprint density at radius 1 is 1.17 bits per heavy atom. The van der Waals surface area contributed by atoms with Crippen LogP contribution in [0.2, 0.25) is 0 Å². The van der Waals surface area contributed by atoms with Crippen molar-refractivity contribution in [2.75, 3.05) is 0 Å². The molecule has 0 aliphatic heterocycles. The molecule has 0 bridgehead atoms. The number of rotatable bonds is 0. The van der Waals surface area contributed by atoms with Crippen LogP contribution in [0.5, 0.6) is 0 Å². The van der Waals surface area contributed by atoms with Gasteiger partial charge in [0, 0.05) is 12.0 Å². The fraction of sp³-hybridized carbons (Fsp3) is 0.182. The molecule has 0 aromatic heterocycles. The van der Waals surface area contributed by atoms with E-state index < -0.39 is 0 Å². The molecule has 0 heterocycles. The summed E-state index contributed by atoms with van der Waals surface area (Å²) in [6.45, 7) is 2.00. The summed E-state index contributed by atoms with van der Waals surface area (Å²) in [7, 11) is 0. The second-order valence-corrected chi connectivity index (χ2v) is 3.47. The molecular weight excluding hydrogens is 146 g/mol. The molecule has 1 nitrogen and oxygen atoms in total. The van der Waals surface area contributed by atoms with Crippen LogP contribution in [-0.2, 0) is 0 Å². The van der Waals surface area contributed by atoms with Crippen LogP contribution in [0.25, 0.3) is 6.08 Å². The van der Waals surface area contributed by atoms with E-state index in [0.29, 0.717) is 0 Å². The molecule has 2 N–H and O–H groups in total. The van der Waals surface area contributed by atoms with Gasteiger partial charge in [-0.05, 0) is 18.1 Å². The Kier molecular flexibility index (Phi) is 1.55. The van der Waals surface area contributed by atoms with Gasteiger partial charge in [0.25, 0.3) is 0 Å². The Morgan fingerprint density at radius 2 is 1.83 bits per heavy atom. The van der Waals surface area contributed by atoms with Gasteiger partial charge in [0.15, 0.2) is 0 Å². The molecule has 1 unspecified atom stereocenters. The Labute approximate surface area is 72.9 Å². The number of benzene rings is 1. The number of hydrogen-bond donors (Lipinski definition) is 1. The summed E-state index contributed by atoms with van der Waals surface area (Å²) in [4.78, 5) is 0. The Hall–Kier alpha value is -1.08. The van der Waals surface area contributed by atoms with Gasteiger partial charge in [-0.3, -0.25) is 0 Å². The van der Waals surface area contributed by atoms with Crippen molar-refractivity contribution >= 4 is 6.08 Å². The average Bonchev–Trinajstić information content (AvgIpc) is 2.02. The van der Waals surface area contributed by atoms with E-state index >= 15 is 0 Å². The molecule has 1 aromatic carbocycles. The van der Waals surface area contributed by atoms with Crippen LogP contribution >= 0.6 is 0 Å². The van der Waals surface area contributed by atoms with Crippen LogP contribution in [-0.4, -0.2) is 5.54 Å². The summed E-state index contributed by atoms with van der Waals surface area (Å²) in [6, 6.07) is 8.25. The van der Waals surface area contributed by atoms with E-state index in [4.69, 9.17) is 5.73 Å². The standard InChI is InChI=1S/C11H12N/c1-11(12)7-6-9-4-2-3-5-10(9)8-11/h2-8H,12H2,1H3. The van der Waals surface area contributed by atoms with Gasteiger partial charge in [0.05, 0.1) is 0 Å². The third-order valence-corrected chi connectivity index (χ3v) is 2.08. The predicted molar refractivity (Wildman–Crippen MR) is 51.5 cm³/mol. The maximum atomic E-state index is 5.95. The Bertz CT molecular complexity index is 324. The molecular formula is C11H12N. The molecule has 0 fully saturated rings. The zero-order chi connectivity index (χ0) is 8.60. The third-order valence-electron chi connectivity index (χ3n) is 2.08. The minimum Gasteiger partial charge on any atom is -0.322 e. The van der Waals surface area contributed by atoms with Gasteiger partial charge in [-0.2, -0.15) is 0 Å². The zero-order valence-electron chi connectivity index (χ0n) is 7.12. The highest BCUT2D eigenvalue weighted by Gasteiger charge is 2.20. The lowest BCUT2D eigenvalue weighted by atomic mass is 9.86. The Morgan fingerprint density at radius 3 is 2.58 bits per heavy atom. The van der Waals surface area contributed by atoms with E-state index in [-0.39, 0.29) is 5.54 Å². The summed E-state index contributed by atoms with van der Waals surface area (Å²) in [6.07, 6.45) is 6.19.